The lowest BCUT2D eigenvalue weighted by atomic mass is 10.0. The van der Waals surface area contributed by atoms with Gasteiger partial charge in [-0.2, -0.15) is 0 Å². The minimum Gasteiger partial charge on any atom is -0.478 e. The molecule has 0 aromatic heterocycles. The predicted molar refractivity (Wildman–Crippen MR) is 184 cm³/mol. The summed E-state index contributed by atoms with van der Waals surface area (Å²) in [5.41, 5.74) is -0.0578. The molecule has 0 bridgehead atoms. The van der Waals surface area contributed by atoms with Gasteiger partial charge in [-0.3, -0.25) is 4.79 Å². The second-order valence-electron chi connectivity index (χ2n) is 12.8. The van der Waals surface area contributed by atoms with Crippen LogP contribution in [0.1, 0.15) is 213 Å². The van der Waals surface area contributed by atoms with Crippen molar-refractivity contribution in [1.82, 2.24) is 0 Å². The van der Waals surface area contributed by atoms with Crippen LogP contribution in [0, 0.1) is 0 Å². The molecule has 0 rings (SSSR count). The summed E-state index contributed by atoms with van der Waals surface area (Å²) in [5.74, 6) is -1.32. The lowest BCUT2D eigenvalue weighted by Gasteiger charge is -2.04. The van der Waals surface area contributed by atoms with Crippen LogP contribution in [-0.4, -0.2) is 16.9 Å². The van der Waals surface area contributed by atoms with E-state index in [1.807, 2.05) is 6.08 Å². The summed E-state index contributed by atoms with van der Waals surface area (Å²) in [4.78, 5) is 24.0. The number of hydrogen-bond donors (Lipinski definition) is 1. The standard InChI is InChI=1S/C39H72O3/c1-3-5-7-9-11-13-15-17-19-21-23-25-27-29-31-33-35-37(39(41)42)38(40)36-34-32-30-28-26-24-22-20-18-16-14-12-10-8-6-4-2/h31,33,35H,3-30,32,34,36H2,1-2H3,(H,41,42). The van der Waals surface area contributed by atoms with Crippen molar-refractivity contribution in [1.29, 1.82) is 0 Å². The maximum absolute atomic E-state index is 12.4. The highest BCUT2D eigenvalue weighted by Gasteiger charge is 2.15. The Labute approximate surface area is 262 Å². The number of hydrogen-bond acceptors (Lipinski definition) is 2. The molecule has 0 spiro atoms. The quantitative estimate of drug-likeness (QED) is 0.0267. The van der Waals surface area contributed by atoms with Crippen molar-refractivity contribution in [3.8, 4) is 0 Å². The van der Waals surface area contributed by atoms with Gasteiger partial charge in [-0.1, -0.05) is 199 Å². The molecular formula is C39H72O3. The van der Waals surface area contributed by atoms with E-state index in [0.29, 0.717) is 6.42 Å². The maximum atomic E-state index is 12.4. The highest BCUT2D eigenvalue weighted by atomic mass is 16.4. The molecule has 0 aromatic rings. The lowest BCUT2D eigenvalue weighted by molar-refractivity contribution is -0.134. The summed E-state index contributed by atoms with van der Waals surface area (Å²) < 4.78 is 0. The zero-order chi connectivity index (χ0) is 30.8. The van der Waals surface area contributed by atoms with Crippen molar-refractivity contribution in [3.63, 3.8) is 0 Å². The third kappa shape index (κ3) is 30.1. The van der Waals surface area contributed by atoms with Crippen LogP contribution in [0.25, 0.3) is 0 Å². The Morgan fingerprint density at radius 3 is 1.10 bits per heavy atom. The number of unbranched alkanes of at least 4 members (excludes halogenated alkanes) is 28. The monoisotopic (exact) mass is 589 g/mol. The summed E-state index contributed by atoms with van der Waals surface area (Å²) in [7, 11) is 0. The van der Waals surface area contributed by atoms with Gasteiger partial charge in [0.25, 0.3) is 0 Å². The maximum Gasteiger partial charge on any atom is 0.339 e. The number of aliphatic carboxylic acids is 1. The minimum absolute atomic E-state index is 0.0578. The molecule has 0 unspecified atom stereocenters. The number of carboxylic acid groups (broad SMARTS) is 1. The van der Waals surface area contributed by atoms with Gasteiger partial charge in [0.1, 0.15) is 5.57 Å². The molecule has 0 saturated heterocycles. The normalized spacial score (nSPS) is 12.0. The van der Waals surface area contributed by atoms with Crippen LogP contribution in [0.4, 0.5) is 0 Å². The Morgan fingerprint density at radius 2 is 0.762 bits per heavy atom. The molecule has 246 valence electrons. The first-order chi connectivity index (χ1) is 20.6. The lowest BCUT2D eigenvalue weighted by Crippen LogP contribution is -2.11. The molecule has 0 fully saturated rings. The molecule has 0 aliphatic heterocycles. The summed E-state index contributed by atoms with van der Waals surface area (Å²) in [5, 5.41) is 9.48. The second-order valence-corrected chi connectivity index (χ2v) is 12.8. The summed E-state index contributed by atoms with van der Waals surface area (Å²) in [6.07, 6.45) is 44.8. The fourth-order valence-corrected chi connectivity index (χ4v) is 5.79. The molecule has 0 heterocycles. The molecule has 0 aliphatic rings. The van der Waals surface area contributed by atoms with Crippen LogP contribution in [-0.2, 0) is 9.59 Å². The van der Waals surface area contributed by atoms with Gasteiger partial charge in [0.05, 0.1) is 0 Å². The Balaban J connectivity index is 3.66. The van der Waals surface area contributed by atoms with Crippen LogP contribution in [0.15, 0.2) is 23.8 Å². The van der Waals surface area contributed by atoms with Crippen molar-refractivity contribution in [3.05, 3.63) is 23.8 Å². The third-order valence-electron chi connectivity index (χ3n) is 8.66. The smallest absolute Gasteiger partial charge is 0.339 e. The van der Waals surface area contributed by atoms with E-state index in [4.69, 9.17) is 0 Å². The van der Waals surface area contributed by atoms with E-state index in [1.165, 1.54) is 167 Å². The summed E-state index contributed by atoms with van der Waals surface area (Å²) in [6.45, 7) is 4.55. The van der Waals surface area contributed by atoms with E-state index in [1.54, 1.807) is 6.08 Å². The molecule has 0 amide bonds. The number of carboxylic acids is 1. The fraction of sp³-hybridized carbons (Fsp3) is 0.846. The molecule has 1 N–H and O–H groups in total. The van der Waals surface area contributed by atoms with Crippen molar-refractivity contribution in [2.24, 2.45) is 0 Å². The average Bonchev–Trinajstić information content (AvgIpc) is 2.98. The Bertz CT molecular complexity index is 648. The molecule has 0 aliphatic carbocycles. The minimum atomic E-state index is -1.10. The topological polar surface area (TPSA) is 54.4 Å². The summed E-state index contributed by atoms with van der Waals surface area (Å²) >= 11 is 0. The molecule has 3 heteroatoms. The number of allylic oxidation sites excluding steroid dienone is 3. The second kappa shape index (κ2) is 34.1. The van der Waals surface area contributed by atoms with Gasteiger partial charge in [0.15, 0.2) is 5.78 Å². The number of ketones is 1. The Kier molecular flexibility index (Phi) is 33.0. The van der Waals surface area contributed by atoms with Crippen LogP contribution >= 0.6 is 0 Å². The zero-order valence-corrected chi connectivity index (χ0v) is 28.4. The van der Waals surface area contributed by atoms with Crippen LogP contribution in [0.3, 0.4) is 0 Å². The van der Waals surface area contributed by atoms with Gasteiger partial charge in [-0.05, 0) is 25.3 Å². The third-order valence-corrected chi connectivity index (χ3v) is 8.66. The van der Waals surface area contributed by atoms with Gasteiger partial charge in [0.2, 0.25) is 0 Å². The van der Waals surface area contributed by atoms with Gasteiger partial charge in [0, 0.05) is 6.42 Å². The number of carbonyl (C=O) groups excluding carboxylic acids is 1. The number of carbonyl (C=O) groups is 2. The highest BCUT2D eigenvalue weighted by Crippen LogP contribution is 2.16. The average molecular weight is 589 g/mol. The van der Waals surface area contributed by atoms with Crippen molar-refractivity contribution < 1.29 is 14.7 Å². The van der Waals surface area contributed by atoms with E-state index in [2.05, 4.69) is 13.8 Å². The fourth-order valence-electron chi connectivity index (χ4n) is 5.79. The Hall–Kier alpha value is -1.38. The van der Waals surface area contributed by atoms with E-state index >= 15 is 0 Å². The van der Waals surface area contributed by atoms with E-state index in [-0.39, 0.29) is 11.4 Å². The van der Waals surface area contributed by atoms with E-state index in [9.17, 15) is 14.7 Å². The first kappa shape index (κ1) is 40.6. The molecular weight excluding hydrogens is 516 g/mol. The number of rotatable bonds is 34. The largest absolute Gasteiger partial charge is 0.478 e. The van der Waals surface area contributed by atoms with Crippen LogP contribution in [0.2, 0.25) is 0 Å². The first-order valence-corrected chi connectivity index (χ1v) is 18.8. The summed E-state index contributed by atoms with van der Waals surface area (Å²) in [6, 6.07) is 0. The zero-order valence-electron chi connectivity index (χ0n) is 28.4. The van der Waals surface area contributed by atoms with Crippen molar-refractivity contribution >= 4 is 11.8 Å². The van der Waals surface area contributed by atoms with Gasteiger partial charge in [-0.15, -0.1) is 0 Å². The molecule has 0 saturated carbocycles. The van der Waals surface area contributed by atoms with Crippen LogP contribution in [0.5, 0.6) is 0 Å². The van der Waals surface area contributed by atoms with Gasteiger partial charge >= 0.3 is 5.97 Å². The first-order valence-electron chi connectivity index (χ1n) is 18.8. The Morgan fingerprint density at radius 1 is 0.452 bits per heavy atom. The van der Waals surface area contributed by atoms with E-state index in [0.717, 1.165) is 32.1 Å². The highest BCUT2D eigenvalue weighted by molar-refractivity contribution is 6.16. The SMILES string of the molecule is CCCCCCCCCCCCCCCC=CC=C(C(=O)O)C(=O)CCCCCCCCCCCCCCCCCC. The van der Waals surface area contributed by atoms with Crippen molar-refractivity contribution in [2.45, 2.75) is 213 Å². The van der Waals surface area contributed by atoms with E-state index < -0.39 is 5.97 Å². The molecule has 0 radical (unpaired) electrons. The number of Topliss-reactive ketones (excluding diaryl/α,β-unsaturated/α-hetero) is 1. The van der Waals surface area contributed by atoms with Crippen molar-refractivity contribution in [2.75, 3.05) is 0 Å². The van der Waals surface area contributed by atoms with Gasteiger partial charge in [-0.25, -0.2) is 4.79 Å². The molecule has 0 aromatic carbocycles. The predicted octanol–water partition coefficient (Wildman–Crippen LogP) is 13.3. The molecule has 3 nitrogen and oxygen atoms in total. The molecule has 42 heavy (non-hydrogen) atoms. The van der Waals surface area contributed by atoms with Crippen LogP contribution < -0.4 is 0 Å². The molecule has 0 atom stereocenters. The van der Waals surface area contributed by atoms with Gasteiger partial charge < -0.3 is 5.11 Å².